The average Bonchev–Trinajstić information content (AvgIpc) is 2.04. The van der Waals surface area contributed by atoms with Gasteiger partial charge in [-0.25, -0.2) is 0 Å². The summed E-state index contributed by atoms with van der Waals surface area (Å²) in [7, 11) is 0. The Labute approximate surface area is 78.0 Å². The van der Waals surface area contributed by atoms with E-state index < -0.39 is 0 Å². The second kappa shape index (κ2) is 4.03. The molecule has 0 nitrogen and oxygen atoms in total. The van der Waals surface area contributed by atoms with Crippen LogP contribution in [0.5, 0.6) is 0 Å². The molecular formula is C9H11ClS. The number of rotatable bonds is 2. The summed E-state index contributed by atoms with van der Waals surface area (Å²) in [5.74, 6) is 0.711. The van der Waals surface area contributed by atoms with Crippen LogP contribution in [0.3, 0.4) is 0 Å². The number of aryl methyl sites for hydroxylation is 1. The van der Waals surface area contributed by atoms with Gasteiger partial charge in [-0.3, -0.25) is 0 Å². The quantitative estimate of drug-likeness (QED) is 0.674. The van der Waals surface area contributed by atoms with Crippen molar-refractivity contribution in [1.82, 2.24) is 0 Å². The predicted octanol–water partition coefficient (Wildman–Crippen LogP) is 3.33. The standard InChI is InChI=1S/C9H11ClS/c1-2-7-3-4-8(6-11)9(10)5-7/h3-5,11H,2,6H2,1H3. The molecule has 0 aromatic heterocycles. The summed E-state index contributed by atoms with van der Waals surface area (Å²) >= 11 is 10.1. The highest BCUT2D eigenvalue weighted by atomic mass is 35.5. The van der Waals surface area contributed by atoms with E-state index in [4.69, 9.17) is 11.6 Å². The predicted molar refractivity (Wildman–Crippen MR) is 53.5 cm³/mol. The van der Waals surface area contributed by atoms with Gasteiger partial charge in [-0.1, -0.05) is 30.7 Å². The first-order valence-electron chi connectivity index (χ1n) is 3.66. The highest BCUT2D eigenvalue weighted by molar-refractivity contribution is 7.79. The third-order valence-electron chi connectivity index (χ3n) is 1.70. The molecule has 1 aromatic rings. The number of thiol groups is 1. The van der Waals surface area contributed by atoms with Crippen LogP contribution in [0, 0.1) is 0 Å². The van der Waals surface area contributed by atoms with E-state index in [9.17, 15) is 0 Å². The number of hydrogen-bond donors (Lipinski definition) is 1. The fraction of sp³-hybridized carbons (Fsp3) is 0.333. The van der Waals surface area contributed by atoms with Crippen molar-refractivity contribution < 1.29 is 0 Å². The smallest absolute Gasteiger partial charge is 0.0449 e. The summed E-state index contributed by atoms with van der Waals surface area (Å²) in [6, 6.07) is 6.14. The Morgan fingerprint density at radius 1 is 1.45 bits per heavy atom. The van der Waals surface area contributed by atoms with Crippen molar-refractivity contribution in [3.05, 3.63) is 34.3 Å². The molecule has 0 saturated heterocycles. The molecule has 0 unspecified atom stereocenters. The van der Waals surface area contributed by atoms with Gasteiger partial charge >= 0.3 is 0 Å². The largest absolute Gasteiger partial charge is 0.174 e. The Bertz CT molecular complexity index is 245. The molecule has 0 fully saturated rings. The lowest BCUT2D eigenvalue weighted by molar-refractivity contribution is 1.13. The third kappa shape index (κ3) is 2.14. The van der Waals surface area contributed by atoms with Crippen LogP contribution < -0.4 is 0 Å². The van der Waals surface area contributed by atoms with Gasteiger partial charge in [-0.05, 0) is 23.6 Å². The molecule has 11 heavy (non-hydrogen) atoms. The van der Waals surface area contributed by atoms with Gasteiger partial charge in [0.15, 0.2) is 0 Å². The average molecular weight is 187 g/mol. The normalized spacial score (nSPS) is 10.1. The second-order valence-electron chi connectivity index (χ2n) is 2.44. The molecule has 0 bridgehead atoms. The maximum Gasteiger partial charge on any atom is 0.0449 e. The Morgan fingerprint density at radius 3 is 2.64 bits per heavy atom. The lowest BCUT2D eigenvalue weighted by Crippen LogP contribution is -1.84. The third-order valence-corrected chi connectivity index (χ3v) is 2.39. The zero-order chi connectivity index (χ0) is 8.27. The molecule has 0 heterocycles. The van der Waals surface area contributed by atoms with Gasteiger partial charge in [0.1, 0.15) is 0 Å². The second-order valence-corrected chi connectivity index (χ2v) is 3.16. The summed E-state index contributed by atoms with van der Waals surface area (Å²) in [4.78, 5) is 0. The number of halogens is 1. The lowest BCUT2D eigenvalue weighted by atomic mass is 10.1. The molecule has 0 saturated carbocycles. The summed E-state index contributed by atoms with van der Waals surface area (Å²) in [5, 5.41) is 0.833. The van der Waals surface area contributed by atoms with Gasteiger partial charge in [0.25, 0.3) is 0 Å². The van der Waals surface area contributed by atoms with Crippen LogP contribution in [0.15, 0.2) is 18.2 Å². The van der Waals surface area contributed by atoms with E-state index in [-0.39, 0.29) is 0 Å². The van der Waals surface area contributed by atoms with E-state index in [1.54, 1.807) is 0 Å². The van der Waals surface area contributed by atoms with Crippen LogP contribution in [0.1, 0.15) is 18.1 Å². The Kier molecular flexibility index (Phi) is 3.28. The number of benzene rings is 1. The first-order valence-corrected chi connectivity index (χ1v) is 4.67. The summed E-state index contributed by atoms with van der Waals surface area (Å²) in [5.41, 5.74) is 2.38. The molecule has 0 radical (unpaired) electrons. The molecular weight excluding hydrogens is 176 g/mol. The van der Waals surface area contributed by atoms with E-state index in [0.29, 0.717) is 5.75 Å². The highest BCUT2D eigenvalue weighted by Crippen LogP contribution is 2.19. The molecule has 0 aliphatic rings. The molecule has 1 aromatic carbocycles. The monoisotopic (exact) mass is 186 g/mol. The molecule has 0 atom stereocenters. The molecule has 0 amide bonds. The maximum absolute atomic E-state index is 5.96. The number of hydrogen-bond acceptors (Lipinski definition) is 1. The van der Waals surface area contributed by atoms with Crippen molar-refractivity contribution in [3.8, 4) is 0 Å². The minimum absolute atomic E-state index is 0.711. The minimum Gasteiger partial charge on any atom is -0.174 e. The van der Waals surface area contributed by atoms with E-state index in [2.05, 4.69) is 25.6 Å². The van der Waals surface area contributed by atoms with E-state index >= 15 is 0 Å². The molecule has 0 N–H and O–H groups in total. The van der Waals surface area contributed by atoms with Crippen molar-refractivity contribution in [2.24, 2.45) is 0 Å². The first kappa shape index (κ1) is 8.95. The minimum atomic E-state index is 0.711. The van der Waals surface area contributed by atoms with E-state index in [0.717, 1.165) is 17.0 Å². The van der Waals surface area contributed by atoms with Gasteiger partial charge in [0, 0.05) is 10.8 Å². The lowest BCUT2D eigenvalue weighted by Gasteiger charge is -2.01. The van der Waals surface area contributed by atoms with Crippen LogP contribution in [-0.2, 0) is 12.2 Å². The molecule has 0 aliphatic heterocycles. The summed E-state index contributed by atoms with van der Waals surface area (Å²) in [6.07, 6.45) is 1.03. The van der Waals surface area contributed by atoms with Crippen molar-refractivity contribution in [3.63, 3.8) is 0 Å². The van der Waals surface area contributed by atoms with Crippen molar-refractivity contribution in [2.75, 3.05) is 0 Å². The molecule has 0 spiro atoms. The topological polar surface area (TPSA) is 0 Å². The van der Waals surface area contributed by atoms with E-state index in [1.165, 1.54) is 5.56 Å². The first-order chi connectivity index (χ1) is 5.27. The highest BCUT2D eigenvalue weighted by Gasteiger charge is 1.97. The SMILES string of the molecule is CCc1ccc(CS)c(Cl)c1. The molecule has 2 heteroatoms. The van der Waals surface area contributed by atoms with Crippen molar-refractivity contribution in [1.29, 1.82) is 0 Å². The fourth-order valence-corrected chi connectivity index (χ4v) is 1.58. The van der Waals surface area contributed by atoms with Crippen LogP contribution >= 0.6 is 24.2 Å². The Hall–Kier alpha value is -0.140. The van der Waals surface area contributed by atoms with Crippen LogP contribution in [-0.4, -0.2) is 0 Å². The van der Waals surface area contributed by atoms with Gasteiger partial charge in [-0.15, -0.1) is 0 Å². The van der Waals surface area contributed by atoms with Crippen LogP contribution in [0.2, 0.25) is 5.02 Å². The van der Waals surface area contributed by atoms with Gasteiger partial charge in [0.05, 0.1) is 0 Å². The van der Waals surface area contributed by atoms with Crippen LogP contribution in [0.25, 0.3) is 0 Å². The van der Waals surface area contributed by atoms with Gasteiger partial charge in [-0.2, -0.15) is 12.6 Å². The Morgan fingerprint density at radius 2 is 2.18 bits per heavy atom. The summed E-state index contributed by atoms with van der Waals surface area (Å²) in [6.45, 7) is 2.12. The van der Waals surface area contributed by atoms with Crippen molar-refractivity contribution in [2.45, 2.75) is 19.1 Å². The molecule has 60 valence electrons. The van der Waals surface area contributed by atoms with Gasteiger partial charge in [0.2, 0.25) is 0 Å². The molecule has 1 rings (SSSR count). The van der Waals surface area contributed by atoms with Gasteiger partial charge < -0.3 is 0 Å². The van der Waals surface area contributed by atoms with Crippen LogP contribution in [0.4, 0.5) is 0 Å². The van der Waals surface area contributed by atoms with Crippen molar-refractivity contribution >= 4 is 24.2 Å². The zero-order valence-corrected chi connectivity index (χ0v) is 8.12. The molecule has 0 aliphatic carbocycles. The maximum atomic E-state index is 5.96. The Balaban J connectivity index is 2.99. The van der Waals surface area contributed by atoms with E-state index in [1.807, 2.05) is 12.1 Å². The zero-order valence-electron chi connectivity index (χ0n) is 6.47. The summed E-state index contributed by atoms with van der Waals surface area (Å²) < 4.78 is 0. The fourth-order valence-electron chi connectivity index (χ4n) is 0.939.